The molecule has 1 aromatic carbocycles. The lowest BCUT2D eigenvalue weighted by atomic mass is 10.0. The highest BCUT2D eigenvalue weighted by atomic mass is 19.1. The summed E-state index contributed by atoms with van der Waals surface area (Å²) in [5.41, 5.74) is 7.64. The third-order valence-electron chi connectivity index (χ3n) is 4.51. The van der Waals surface area contributed by atoms with Gasteiger partial charge in [-0.1, -0.05) is 0 Å². The molecule has 1 atom stereocenters. The summed E-state index contributed by atoms with van der Waals surface area (Å²) in [6.07, 6.45) is 5.17. The van der Waals surface area contributed by atoms with Crippen molar-refractivity contribution < 1.29 is 8.78 Å². The molecule has 124 valence electrons. The largest absolute Gasteiger partial charge is 0.349 e. The van der Waals surface area contributed by atoms with Crippen LogP contribution in [-0.2, 0) is 6.54 Å². The summed E-state index contributed by atoms with van der Waals surface area (Å²) in [5.74, 6) is -0.0897. The Morgan fingerprint density at radius 1 is 1.25 bits per heavy atom. The molecule has 1 aliphatic heterocycles. The fourth-order valence-electron chi connectivity index (χ4n) is 3.34. The second-order valence-corrected chi connectivity index (χ2v) is 5.95. The van der Waals surface area contributed by atoms with Gasteiger partial charge in [-0.3, -0.25) is 0 Å². The van der Waals surface area contributed by atoms with Crippen LogP contribution in [0.2, 0.25) is 0 Å². The number of benzene rings is 1. The van der Waals surface area contributed by atoms with Crippen molar-refractivity contribution in [3.8, 4) is 0 Å². The van der Waals surface area contributed by atoms with Crippen molar-refractivity contribution in [3.05, 3.63) is 59.4 Å². The number of fused-ring (bicyclic) bond motifs is 1. The summed E-state index contributed by atoms with van der Waals surface area (Å²) in [4.78, 5) is 6.67. The second kappa shape index (κ2) is 5.83. The maximum absolute atomic E-state index is 14.2. The number of nitrogens with zero attached hydrogens (tertiary/aromatic N) is 4. The Morgan fingerprint density at radius 2 is 2.12 bits per heavy atom. The maximum Gasteiger partial charge on any atom is 0.161 e. The van der Waals surface area contributed by atoms with Crippen molar-refractivity contribution >= 4 is 11.5 Å². The molecular formula is C17H17F2N5. The van der Waals surface area contributed by atoms with Gasteiger partial charge in [0.05, 0.1) is 12.2 Å². The van der Waals surface area contributed by atoms with Gasteiger partial charge in [0.25, 0.3) is 0 Å². The van der Waals surface area contributed by atoms with Crippen LogP contribution in [0.1, 0.15) is 30.0 Å². The van der Waals surface area contributed by atoms with E-state index in [1.807, 2.05) is 17.2 Å². The molecule has 1 aliphatic rings. The lowest BCUT2D eigenvalue weighted by Crippen LogP contribution is -2.24. The summed E-state index contributed by atoms with van der Waals surface area (Å²) >= 11 is 0. The Kier molecular flexibility index (Phi) is 3.65. The Bertz CT molecular complexity index is 892. The molecule has 0 spiro atoms. The van der Waals surface area contributed by atoms with E-state index in [9.17, 15) is 8.78 Å². The van der Waals surface area contributed by atoms with Crippen LogP contribution < -0.4 is 10.6 Å². The van der Waals surface area contributed by atoms with E-state index in [2.05, 4.69) is 10.1 Å². The molecule has 0 amide bonds. The minimum atomic E-state index is -0.428. The first-order chi connectivity index (χ1) is 11.7. The summed E-state index contributed by atoms with van der Waals surface area (Å²) < 4.78 is 29.4. The molecule has 1 fully saturated rings. The molecule has 3 aromatic rings. The third kappa shape index (κ3) is 2.41. The first kappa shape index (κ1) is 15.0. The molecular weight excluding hydrogens is 312 g/mol. The lowest BCUT2D eigenvalue weighted by Gasteiger charge is -2.26. The first-order valence-electron chi connectivity index (χ1n) is 7.92. The molecule has 0 bridgehead atoms. The predicted molar refractivity (Wildman–Crippen MR) is 86.6 cm³/mol. The lowest BCUT2D eigenvalue weighted by molar-refractivity contribution is 0.560. The van der Waals surface area contributed by atoms with Gasteiger partial charge in [-0.15, -0.1) is 0 Å². The minimum Gasteiger partial charge on any atom is -0.349 e. The fraction of sp³-hybridized carbons (Fsp3) is 0.294. The minimum absolute atomic E-state index is 0.222. The van der Waals surface area contributed by atoms with E-state index < -0.39 is 5.82 Å². The van der Waals surface area contributed by atoms with Gasteiger partial charge in [-0.05, 0) is 37.1 Å². The summed E-state index contributed by atoms with van der Waals surface area (Å²) in [7, 11) is 0. The third-order valence-corrected chi connectivity index (χ3v) is 4.51. The van der Waals surface area contributed by atoms with Crippen LogP contribution in [-0.4, -0.2) is 21.1 Å². The molecule has 3 heterocycles. The monoisotopic (exact) mass is 329 g/mol. The highest BCUT2D eigenvalue weighted by Crippen LogP contribution is 2.36. The first-order valence-corrected chi connectivity index (χ1v) is 7.92. The van der Waals surface area contributed by atoms with Crippen molar-refractivity contribution in [1.29, 1.82) is 0 Å². The number of aromatic nitrogens is 3. The van der Waals surface area contributed by atoms with Gasteiger partial charge in [0.15, 0.2) is 5.65 Å². The van der Waals surface area contributed by atoms with Crippen molar-refractivity contribution in [2.75, 3.05) is 11.4 Å². The van der Waals surface area contributed by atoms with Crippen LogP contribution in [0.5, 0.6) is 0 Å². The van der Waals surface area contributed by atoms with Crippen LogP contribution >= 0.6 is 0 Å². The number of anilines is 1. The molecule has 0 aliphatic carbocycles. The molecule has 0 saturated carbocycles. The standard InChI is InChI=1S/C17H17F2N5/c18-12-3-4-14(19)13(8-12)15-2-1-6-23(15)16-5-7-24-17(22-16)11(9-20)10-21-24/h3-5,7-8,10,15H,1-2,6,9,20H2. The summed E-state index contributed by atoms with van der Waals surface area (Å²) in [6, 6.07) is 5.22. The molecule has 7 heteroatoms. The van der Waals surface area contributed by atoms with Crippen molar-refractivity contribution in [2.45, 2.75) is 25.4 Å². The number of rotatable bonds is 3. The van der Waals surface area contributed by atoms with Crippen LogP contribution in [0.4, 0.5) is 14.6 Å². The average molecular weight is 329 g/mol. The maximum atomic E-state index is 14.2. The Morgan fingerprint density at radius 3 is 2.96 bits per heavy atom. The summed E-state index contributed by atoms with van der Waals surface area (Å²) in [5, 5.41) is 4.21. The SMILES string of the molecule is NCc1cnn2ccc(N3CCCC3c3cc(F)ccc3F)nc12. The van der Waals surface area contributed by atoms with Gasteiger partial charge in [-0.25, -0.2) is 18.3 Å². The van der Waals surface area contributed by atoms with Crippen LogP contribution in [0, 0.1) is 11.6 Å². The normalized spacial score (nSPS) is 17.8. The van der Waals surface area contributed by atoms with E-state index in [4.69, 9.17) is 5.73 Å². The van der Waals surface area contributed by atoms with Gasteiger partial charge in [-0.2, -0.15) is 5.10 Å². The number of nitrogens with two attached hydrogens (primary N) is 1. The van der Waals surface area contributed by atoms with Crippen LogP contribution in [0.15, 0.2) is 36.7 Å². The molecule has 1 unspecified atom stereocenters. The van der Waals surface area contributed by atoms with E-state index in [1.54, 1.807) is 10.7 Å². The molecule has 5 nitrogen and oxygen atoms in total. The van der Waals surface area contributed by atoms with Gasteiger partial charge in [0.2, 0.25) is 0 Å². The highest BCUT2D eigenvalue weighted by molar-refractivity contribution is 5.54. The number of hydrogen-bond donors (Lipinski definition) is 1. The zero-order valence-corrected chi connectivity index (χ0v) is 13.0. The molecule has 4 rings (SSSR count). The van der Waals surface area contributed by atoms with Gasteiger partial charge >= 0.3 is 0 Å². The Labute approximate surface area is 137 Å². The second-order valence-electron chi connectivity index (χ2n) is 5.95. The highest BCUT2D eigenvalue weighted by Gasteiger charge is 2.29. The molecule has 2 N–H and O–H groups in total. The zero-order chi connectivity index (χ0) is 16.7. The van der Waals surface area contributed by atoms with E-state index in [0.29, 0.717) is 17.8 Å². The quantitative estimate of drug-likeness (QED) is 0.803. The molecule has 2 aromatic heterocycles. The fourth-order valence-corrected chi connectivity index (χ4v) is 3.34. The van der Waals surface area contributed by atoms with E-state index in [1.165, 1.54) is 12.1 Å². The molecule has 0 radical (unpaired) electrons. The molecule has 1 saturated heterocycles. The topological polar surface area (TPSA) is 59.4 Å². The van der Waals surface area contributed by atoms with Crippen molar-refractivity contribution in [2.24, 2.45) is 5.73 Å². The van der Waals surface area contributed by atoms with Gasteiger partial charge in [0, 0.05) is 30.4 Å². The molecule has 24 heavy (non-hydrogen) atoms. The van der Waals surface area contributed by atoms with Crippen LogP contribution in [0.3, 0.4) is 0 Å². The number of hydrogen-bond acceptors (Lipinski definition) is 4. The van der Waals surface area contributed by atoms with E-state index >= 15 is 0 Å². The van der Waals surface area contributed by atoms with Gasteiger partial charge in [0.1, 0.15) is 17.5 Å². The van der Waals surface area contributed by atoms with Crippen molar-refractivity contribution in [3.63, 3.8) is 0 Å². The number of halogens is 2. The average Bonchev–Trinajstić information content (AvgIpc) is 3.22. The van der Waals surface area contributed by atoms with Crippen LogP contribution in [0.25, 0.3) is 5.65 Å². The Balaban J connectivity index is 1.76. The van der Waals surface area contributed by atoms with E-state index in [-0.39, 0.29) is 11.9 Å². The van der Waals surface area contributed by atoms with Crippen molar-refractivity contribution in [1.82, 2.24) is 14.6 Å². The zero-order valence-electron chi connectivity index (χ0n) is 13.0. The van der Waals surface area contributed by atoms with E-state index in [0.717, 1.165) is 36.8 Å². The predicted octanol–water partition coefficient (Wildman–Crippen LogP) is 2.81. The van der Waals surface area contributed by atoms with Gasteiger partial charge < -0.3 is 10.6 Å². The smallest absolute Gasteiger partial charge is 0.161 e. The Hall–Kier alpha value is -2.54. The summed E-state index contributed by atoms with van der Waals surface area (Å²) in [6.45, 7) is 1.10.